The lowest BCUT2D eigenvalue weighted by Gasteiger charge is -2.16. The first kappa shape index (κ1) is 16.0. The maximum Gasteiger partial charge on any atom is 0.326 e. The summed E-state index contributed by atoms with van der Waals surface area (Å²) < 4.78 is 0. The molecule has 5 heteroatoms. The number of nitrogen functional groups attached to an aromatic ring is 1. The average molecular weight is 278 g/mol. The maximum absolute atomic E-state index is 11.8. The Balaban J connectivity index is 2.50. The van der Waals surface area contributed by atoms with Crippen LogP contribution in [0.3, 0.4) is 0 Å². The second-order valence-corrected chi connectivity index (χ2v) is 5.29. The zero-order valence-corrected chi connectivity index (χ0v) is 11.9. The van der Waals surface area contributed by atoms with Gasteiger partial charge >= 0.3 is 5.97 Å². The predicted octanol–water partition coefficient (Wildman–Crippen LogP) is 1.82. The molecular formula is C15H22N2O3. The van der Waals surface area contributed by atoms with E-state index < -0.39 is 12.0 Å². The van der Waals surface area contributed by atoms with Crippen LogP contribution >= 0.6 is 0 Å². The zero-order chi connectivity index (χ0) is 15.1. The number of amides is 1. The molecule has 0 heterocycles. The van der Waals surface area contributed by atoms with E-state index in [1.165, 1.54) is 0 Å². The average Bonchev–Trinajstić information content (AvgIpc) is 2.36. The Morgan fingerprint density at radius 2 is 1.95 bits per heavy atom. The molecule has 0 fully saturated rings. The summed E-state index contributed by atoms with van der Waals surface area (Å²) in [6.45, 7) is 3.85. The van der Waals surface area contributed by atoms with Crippen LogP contribution in [-0.2, 0) is 16.0 Å². The highest BCUT2D eigenvalue weighted by molar-refractivity contribution is 5.83. The fourth-order valence-electron chi connectivity index (χ4n) is 1.97. The number of carbonyl (C=O) groups is 2. The molecule has 0 saturated heterocycles. The van der Waals surface area contributed by atoms with Crippen molar-refractivity contribution in [3.8, 4) is 0 Å². The fraction of sp³-hybridized carbons (Fsp3) is 0.467. The lowest BCUT2D eigenvalue weighted by atomic mass is 10.0. The molecule has 1 amide bonds. The summed E-state index contributed by atoms with van der Waals surface area (Å²) in [5.74, 6) is -1.05. The van der Waals surface area contributed by atoms with Gasteiger partial charge in [-0.15, -0.1) is 0 Å². The SMILES string of the molecule is CC(C)C[C@@H](NC(=O)CCc1ccccc1N)C(=O)O. The van der Waals surface area contributed by atoms with Gasteiger partial charge in [-0.05, 0) is 30.4 Å². The molecule has 1 rings (SSSR count). The van der Waals surface area contributed by atoms with Gasteiger partial charge in [0.25, 0.3) is 0 Å². The number of carbonyl (C=O) groups excluding carboxylic acids is 1. The smallest absolute Gasteiger partial charge is 0.326 e. The lowest BCUT2D eigenvalue weighted by Crippen LogP contribution is -2.41. The minimum Gasteiger partial charge on any atom is -0.480 e. The molecule has 0 saturated carbocycles. The molecule has 0 aliphatic rings. The van der Waals surface area contributed by atoms with Crippen molar-refractivity contribution in [3.63, 3.8) is 0 Å². The third-order valence-corrected chi connectivity index (χ3v) is 3.02. The highest BCUT2D eigenvalue weighted by atomic mass is 16.4. The van der Waals surface area contributed by atoms with Gasteiger partial charge in [0.05, 0.1) is 0 Å². The molecular weight excluding hydrogens is 256 g/mol. The van der Waals surface area contributed by atoms with Crippen LogP contribution in [-0.4, -0.2) is 23.0 Å². The molecule has 20 heavy (non-hydrogen) atoms. The standard InChI is InChI=1S/C15H22N2O3/c1-10(2)9-13(15(19)20)17-14(18)8-7-11-5-3-4-6-12(11)16/h3-6,10,13H,7-9,16H2,1-2H3,(H,17,18)(H,19,20)/t13-/m1/s1. The van der Waals surface area contributed by atoms with Crippen molar-refractivity contribution >= 4 is 17.6 Å². The summed E-state index contributed by atoms with van der Waals surface area (Å²) in [5.41, 5.74) is 7.35. The van der Waals surface area contributed by atoms with Crippen molar-refractivity contribution in [1.29, 1.82) is 0 Å². The van der Waals surface area contributed by atoms with Crippen molar-refractivity contribution in [2.75, 3.05) is 5.73 Å². The van der Waals surface area contributed by atoms with E-state index in [9.17, 15) is 9.59 Å². The Morgan fingerprint density at radius 3 is 2.50 bits per heavy atom. The number of nitrogens with one attached hydrogen (secondary N) is 1. The molecule has 110 valence electrons. The zero-order valence-electron chi connectivity index (χ0n) is 11.9. The summed E-state index contributed by atoms with van der Waals surface area (Å²) in [4.78, 5) is 22.9. The van der Waals surface area contributed by atoms with Crippen LogP contribution in [0.1, 0.15) is 32.3 Å². The molecule has 1 atom stereocenters. The van der Waals surface area contributed by atoms with Crippen molar-refractivity contribution in [2.45, 2.75) is 39.2 Å². The first-order valence-corrected chi connectivity index (χ1v) is 6.75. The van der Waals surface area contributed by atoms with Crippen LogP contribution in [0.15, 0.2) is 24.3 Å². The van der Waals surface area contributed by atoms with Crippen LogP contribution < -0.4 is 11.1 Å². The number of rotatable bonds is 7. The van der Waals surface area contributed by atoms with E-state index in [-0.39, 0.29) is 18.2 Å². The molecule has 0 bridgehead atoms. The van der Waals surface area contributed by atoms with E-state index in [4.69, 9.17) is 10.8 Å². The van der Waals surface area contributed by atoms with Crippen LogP contribution in [0.25, 0.3) is 0 Å². The van der Waals surface area contributed by atoms with Crippen LogP contribution in [0, 0.1) is 5.92 Å². The fourth-order valence-corrected chi connectivity index (χ4v) is 1.97. The Hall–Kier alpha value is -2.04. The molecule has 0 radical (unpaired) electrons. The summed E-state index contributed by atoms with van der Waals surface area (Å²) in [5, 5.41) is 11.6. The number of aryl methyl sites for hydroxylation is 1. The Kier molecular flexibility index (Phi) is 6.03. The molecule has 0 aromatic heterocycles. The number of carboxylic acids is 1. The van der Waals surface area contributed by atoms with Crippen molar-refractivity contribution in [2.24, 2.45) is 5.92 Å². The molecule has 5 nitrogen and oxygen atoms in total. The number of carboxylic acid groups (broad SMARTS) is 1. The number of benzene rings is 1. The monoisotopic (exact) mass is 278 g/mol. The highest BCUT2D eigenvalue weighted by Gasteiger charge is 2.20. The van der Waals surface area contributed by atoms with Crippen LogP contribution in [0.2, 0.25) is 0 Å². The van der Waals surface area contributed by atoms with Gasteiger partial charge in [0.1, 0.15) is 6.04 Å². The van der Waals surface area contributed by atoms with E-state index in [2.05, 4.69) is 5.32 Å². The molecule has 0 aliphatic heterocycles. The summed E-state index contributed by atoms with van der Waals surface area (Å²) in [7, 11) is 0. The maximum atomic E-state index is 11.8. The number of aliphatic carboxylic acids is 1. The van der Waals surface area contributed by atoms with Crippen LogP contribution in [0.4, 0.5) is 5.69 Å². The van der Waals surface area contributed by atoms with E-state index >= 15 is 0 Å². The van der Waals surface area contributed by atoms with Gasteiger partial charge < -0.3 is 16.2 Å². The van der Waals surface area contributed by atoms with Crippen molar-refractivity contribution < 1.29 is 14.7 Å². The minimum atomic E-state index is -0.994. The first-order chi connectivity index (χ1) is 9.40. The Morgan fingerprint density at radius 1 is 1.30 bits per heavy atom. The first-order valence-electron chi connectivity index (χ1n) is 6.75. The van der Waals surface area contributed by atoms with Gasteiger partial charge in [0, 0.05) is 12.1 Å². The molecule has 1 aromatic carbocycles. The van der Waals surface area contributed by atoms with E-state index in [1.54, 1.807) is 6.07 Å². The Bertz CT molecular complexity index is 472. The minimum absolute atomic E-state index is 0.209. The highest BCUT2D eigenvalue weighted by Crippen LogP contribution is 2.13. The molecule has 0 spiro atoms. The normalized spacial score (nSPS) is 12.2. The summed E-state index contributed by atoms with van der Waals surface area (Å²) in [6.07, 6.45) is 1.16. The molecule has 0 unspecified atom stereocenters. The second-order valence-electron chi connectivity index (χ2n) is 5.29. The topological polar surface area (TPSA) is 92.4 Å². The van der Waals surface area contributed by atoms with Crippen molar-refractivity contribution in [1.82, 2.24) is 5.32 Å². The quantitative estimate of drug-likeness (QED) is 0.663. The number of nitrogens with two attached hydrogens (primary N) is 1. The summed E-state index contributed by atoms with van der Waals surface area (Å²) >= 11 is 0. The van der Waals surface area contributed by atoms with E-state index in [1.807, 2.05) is 32.0 Å². The third-order valence-electron chi connectivity index (χ3n) is 3.02. The number of hydrogen-bond acceptors (Lipinski definition) is 3. The van der Waals surface area contributed by atoms with Crippen LogP contribution in [0.5, 0.6) is 0 Å². The van der Waals surface area contributed by atoms with Gasteiger partial charge in [-0.25, -0.2) is 4.79 Å². The summed E-state index contributed by atoms with van der Waals surface area (Å²) in [6, 6.07) is 6.53. The second kappa shape index (κ2) is 7.53. The number of para-hydroxylation sites is 1. The number of anilines is 1. The molecule has 4 N–H and O–H groups in total. The largest absolute Gasteiger partial charge is 0.480 e. The third kappa shape index (κ3) is 5.30. The van der Waals surface area contributed by atoms with Gasteiger partial charge in [-0.3, -0.25) is 4.79 Å². The lowest BCUT2D eigenvalue weighted by molar-refractivity contribution is -0.142. The van der Waals surface area contributed by atoms with Gasteiger partial charge in [0.2, 0.25) is 5.91 Å². The Labute approximate surface area is 119 Å². The van der Waals surface area contributed by atoms with E-state index in [0.717, 1.165) is 5.56 Å². The van der Waals surface area contributed by atoms with Gasteiger partial charge in [-0.2, -0.15) is 0 Å². The van der Waals surface area contributed by atoms with E-state index in [0.29, 0.717) is 18.5 Å². The molecule has 0 aliphatic carbocycles. The van der Waals surface area contributed by atoms with Gasteiger partial charge in [-0.1, -0.05) is 32.0 Å². The predicted molar refractivity (Wildman–Crippen MR) is 78.2 cm³/mol. The van der Waals surface area contributed by atoms with Gasteiger partial charge in [0.15, 0.2) is 0 Å². The number of hydrogen-bond donors (Lipinski definition) is 3. The molecule has 1 aromatic rings. The van der Waals surface area contributed by atoms with Crippen molar-refractivity contribution in [3.05, 3.63) is 29.8 Å².